The number of anilines is 1. The number of ether oxygens (including phenoxy) is 1. The number of hydrogen-bond acceptors (Lipinski definition) is 4. The summed E-state index contributed by atoms with van der Waals surface area (Å²) in [6.07, 6.45) is 2.59. The lowest BCUT2D eigenvalue weighted by molar-refractivity contribution is 0.0697. The van der Waals surface area contributed by atoms with Crippen LogP contribution in [0.1, 0.15) is 16.8 Å². The van der Waals surface area contributed by atoms with E-state index in [0.717, 1.165) is 6.42 Å². The van der Waals surface area contributed by atoms with Crippen LogP contribution >= 0.6 is 11.6 Å². The van der Waals surface area contributed by atoms with Crippen molar-refractivity contribution >= 4 is 23.4 Å². The minimum absolute atomic E-state index is 0.102. The predicted molar refractivity (Wildman–Crippen MR) is 70.3 cm³/mol. The van der Waals surface area contributed by atoms with Crippen molar-refractivity contribution in [1.82, 2.24) is 4.98 Å². The molecule has 0 aliphatic heterocycles. The normalized spacial score (nSPS) is 10.1. The number of pyridine rings is 1. The van der Waals surface area contributed by atoms with Gasteiger partial charge in [0.1, 0.15) is 11.0 Å². The first-order valence-electron chi connectivity index (χ1n) is 5.47. The van der Waals surface area contributed by atoms with Crippen LogP contribution in [0.3, 0.4) is 0 Å². The van der Waals surface area contributed by atoms with Gasteiger partial charge >= 0.3 is 5.97 Å². The van der Waals surface area contributed by atoms with E-state index in [4.69, 9.17) is 21.4 Å². The molecule has 1 aromatic rings. The molecule has 2 N–H and O–H groups in total. The topological polar surface area (TPSA) is 71.5 Å². The summed E-state index contributed by atoms with van der Waals surface area (Å²) < 4.78 is 5.29. The van der Waals surface area contributed by atoms with Gasteiger partial charge in [-0.25, -0.2) is 9.78 Å². The molecule has 0 saturated heterocycles. The van der Waals surface area contributed by atoms with Crippen molar-refractivity contribution < 1.29 is 14.6 Å². The van der Waals surface area contributed by atoms with Gasteiger partial charge in [0.25, 0.3) is 0 Å². The lowest BCUT2D eigenvalue weighted by Gasteiger charge is -2.07. The molecule has 0 saturated carbocycles. The van der Waals surface area contributed by atoms with Gasteiger partial charge < -0.3 is 15.2 Å². The quantitative estimate of drug-likeness (QED) is 0.431. The highest BCUT2D eigenvalue weighted by Crippen LogP contribution is 2.14. The fourth-order valence-electron chi connectivity index (χ4n) is 1.23. The van der Waals surface area contributed by atoms with Crippen LogP contribution in [0, 0.1) is 0 Å². The maximum atomic E-state index is 10.8. The number of carboxylic acids is 1. The predicted octanol–water partition coefficient (Wildman–Crippen LogP) is 2.44. The zero-order valence-corrected chi connectivity index (χ0v) is 10.6. The number of hydrogen-bond donors (Lipinski definition) is 2. The van der Waals surface area contributed by atoms with Gasteiger partial charge in [0, 0.05) is 6.54 Å². The summed E-state index contributed by atoms with van der Waals surface area (Å²) >= 11 is 5.72. The van der Waals surface area contributed by atoms with Crippen LogP contribution < -0.4 is 5.32 Å². The Morgan fingerprint density at radius 3 is 3.00 bits per heavy atom. The van der Waals surface area contributed by atoms with E-state index < -0.39 is 5.97 Å². The van der Waals surface area contributed by atoms with Crippen molar-refractivity contribution in [1.29, 1.82) is 0 Å². The third-order valence-corrected chi connectivity index (χ3v) is 2.25. The maximum absolute atomic E-state index is 10.8. The van der Waals surface area contributed by atoms with E-state index in [1.54, 1.807) is 6.08 Å². The van der Waals surface area contributed by atoms with Crippen molar-refractivity contribution in [2.45, 2.75) is 6.42 Å². The SMILES string of the molecule is C=CCCOCCNc1cc(C(=O)O)cc(Cl)n1. The van der Waals surface area contributed by atoms with Crippen LogP contribution in [0.25, 0.3) is 0 Å². The first-order valence-corrected chi connectivity index (χ1v) is 5.84. The molecule has 0 radical (unpaired) electrons. The van der Waals surface area contributed by atoms with Crippen molar-refractivity contribution in [3.05, 3.63) is 35.5 Å². The minimum atomic E-state index is -1.04. The Bertz CT molecular complexity index is 424. The summed E-state index contributed by atoms with van der Waals surface area (Å²) in [5.41, 5.74) is 0.102. The summed E-state index contributed by atoms with van der Waals surface area (Å²) in [7, 11) is 0. The number of aromatic nitrogens is 1. The van der Waals surface area contributed by atoms with E-state index in [0.29, 0.717) is 25.6 Å². The van der Waals surface area contributed by atoms with E-state index >= 15 is 0 Å². The van der Waals surface area contributed by atoms with Crippen LogP contribution in [0.15, 0.2) is 24.8 Å². The van der Waals surface area contributed by atoms with Crippen molar-refractivity contribution in [3.63, 3.8) is 0 Å². The number of carboxylic acid groups (broad SMARTS) is 1. The van der Waals surface area contributed by atoms with Crippen LogP contribution in [0.5, 0.6) is 0 Å². The van der Waals surface area contributed by atoms with Crippen LogP contribution in [-0.2, 0) is 4.74 Å². The molecule has 0 aliphatic carbocycles. The Kier molecular flexibility index (Phi) is 6.18. The average molecular weight is 271 g/mol. The van der Waals surface area contributed by atoms with Crippen LogP contribution in [0.2, 0.25) is 5.15 Å². The lowest BCUT2D eigenvalue weighted by Crippen LogP contribution is -2.11. The summed E-state index contributed by atoms with van der Waals surface area (Å²) in [6, 6.07) is 2.73. The van der Waals surface area contributed by atoms with Gasteiger partial charge in [0.2, 0.25) is 0 Å². The van der Waals surface area contributed by atoms with Gasteiger partial charge in [-0.3, -0.25) is 0 Å². The largest absolute Gasteiger partial charge is 0.478 e. The van der Waals surface area contributed by atoms with Crippen molar-refractivity contribution in [2.75, 3.05) is 25.1 Å². The molecule has 0 fully saturated rings. The first kappa shape index (κ1) is 14.5. The van der Waals surface area contributed by atoms with Gasteiger partial charge in [0.15, 0.2) is 0 Å². The molecule has 0 amide bonds. The second-order valence-electron chi connectivity index (χ2n) is 3.49. The molecule has 0 aromatic carbocycles. The highest BCUT2D eigenvalue weighted by molar-refractivity contribution is 6.29. The van der Waals surface area contributed by atoms with Crippen LogP contribution in [0.4, 0.5) is 5.82 Å². The zero-order valence-electron chi connectivity index (χ0n) is 9.86. The second kappa shape index (κ2) is 7.68. The molecule has 5 nitrogen and oxygen atoms in total. The van der Waals surface area contributed by atoms with E-state index in [9.17, 15) is 4.79 Å². The van der Waals surface area contributed by atoms with E-state index in [2.05, 4.69) is 16.9 Å². The minimum Gasteiger partial charge on any atom is -0.478 e. The Hall–Kier alpha value is -1.59. The number of nitrogens with zero attached hydrogens (tertiary/aromatic N) is 1. The Morgan fingerprint density at radius 2 is 2.33 bits per heavy atom. The summed E-state index contributed by atoms with van der Waals surface area (Å²) in [5.74, 6) is -0.614. The molecule has 18 heavy (non-hydrogen) atoms. The average Bonchev–Trinajstić information content (AvgIpc) is 2.33. The molecule has 0 aliphatic rings. The summed E-state index contributed by atoms with van der Waals surface area (Å²) in [5, 5.41) is 11.9. The number of halogens is 1. The standard InChI is InChI=1S/C12H15ClN2O3/c1-2-3-5-18-6-4-14-11-8-9(12(16)17)7-10(13)15-11/h2,7-8H,1,3-6H2,(H,14,15)(H,16,17). The number of nitrogens with one attached hydrogen (secondary N) is 1. The molecular formula is C12H15ClN2O3. The number of aromatic carboxylic acids is 1. The van der Waals surface area contributed by atoms with E-state index in [1.807, 2.05) is 0 Å². The van der Waals surface area contributed by atoms with Gasteiger partial charge in [0.05, 0.1) is 18.8 Å². The molecule has 6 heteroatoms. The second-order valence-corrected chi connectivity index (χ2v) is 3.87. The lowest BCUT2D eigenvalue weighted by atomic mass is 10.2. The molecule has 0 atom stereocenters. The summed E-state index contributed by atoms with van der Waals surface area (Å²) in [6.45, 7) is 5.24. The number of rotatable bonds is 8. The Labute approximate surface area is 110 Å². The smallest absolute Gasteiger partial charge is 0.335 e. The maximum Gasteiger partial charge on any atom is 0.335 e. The Balaban J connectivity index is 2.42. The molecule has 0 spiro atoms. The van der Waals surface area contributed by atoms with E-state index in [-0.39, 0.29) is 10.7 Å². The molecule has 0 bridgehead atoms. The van der Waals surface area contributed by atoms with Gasteiger partial charge in [-0.15, -0.1) is 6.58 Å². The molecule has 98 valence electrons. The van der Waals surface area contributed by atoms with Gasteiger partial charge in [-0.2, -0.15) is 0 Å². The van der Waals surface area contributed by atoms with Gasteiger partial charge in [-0.1, -0.05) is 17.7 Å². The van der Waals surface area contributed by atoms with E-state index in [1.165, 1.54) is 12.1 Å². The van der Waals surface area contributed by atoms with Crippen molar-refractivity contribution in [3.8, 4) is 0 Å². The number of carbonyl (C=O) groups is 1. The Morgan fingerprint density at radius 1 is 1.56 bits per heavy atom. The van der Waals surface area contributed by atoms with Gasteiger partial charge in [-0.05, 0) is 18.6 Å². The molecule has 0 unspecified atom stereocenters. The highest BCUT2D eigenvalue weighted by Gasteiger charge is 2.06. The fraction of sp³-hybridized carbons (Fsp3) is 0.333. The molecule has 1 heterocycles. The molecule has 1 aromatic heterocycles. The third kappa shape index (κ3) is 5.16. The first-order chi connectivity index (χ1) is 8.63. The molecule has 1 rings (SSSR count). The monoisotopic (exact) mass is 270 g/mol. The highest BCUT2D eigenvalue weighted by atomic mass is 35.5. The fourth-order valence-corrected chi connectivity index (χ4v) is 1.44. The van der Waals surface area contributed by atoms with Crippen LogP contribution in [-0.4, -0.2) is 35.8 Å². The van der Waals surface area contributed by atoms with Crippen molar-refractivity contribution in [2.24, 2.45) is 0 Å². The molecular weight excluding hydrogens is 256 g/mol. The zero-order chi connectivity index (χ0) is 13.4. The third-order valence-electron chi connectivity index (χ3n) is 2.06. The summed E-state index contributed by atoms with van der Waals surface area (Å²) in [4.78, 5) is 14.8.